The lowest BCUT2D eigenvalue weighted by Crippen LogP contribution is -2.12. The summed E-state index contributed by atoms with van der Waals surface area (Å²) in [5, 5.41) is 0.756. The lowest BCUT2D eigenvalue weighted by Gasteiger charge is -2.20. The Bertz CT molecular complexity index is 368. The Hall–Kier alpha value is -0.760. The first-order chi connectivity index (χ1) is 9.34. The third kappa shape index (κ3) is 5.82. The van der Waals surface area contributed by atoms with Crippen molar-refractivity contribution in [2.45, 2.75) is 56.6 Å². The lowest BCUT2D eigenvalue weighted by molar-refractivity contribution is -0.116. The molecule has 0 atom stereocenters. The summed E-state index contributed by atoms with van der Waals surface area (Å²) >= 11 is 1.90. The molecule has 0 unspecified atom stereocenters. The second-order valence-electron chi connectivity index (χ2n) is 5.45. The molecule has 104 valence electrons. The highest BCUT2D eigenvalue weighted by Gasteiger charge is 2.15. The van der Waals surface area contributed by atoms with Gasteiger partial charge < -0.3 is 0 Å². The number of benzene rings is 1. The number of thioether (sulfide) groups is 1. The van der Waals surface area contributed by atoms with Gasteiger partial charge in [-0.2, -0.15) is 11.8 Å². The molecule has 0 bridgehead atoms. The van der Waals surface area contributed by atoms with Crippen LogP contribution >= 0.6 is 11.8 Å². The van der Waals surface area contributed by atoms with Crippen LogP contribution in [0, 0.1) is 0 Å². The van der Waals surface area contributed by atoms with Crippen molar-refractivity contribution in [2.24, 2.45) is 0 Å². The number of carbonyl (C=O) groups excluding carboxylic acids is 1. The highest BCUT2D eigenvalue weighted by molar-refractivity contribution is 8.00. The molecule has 0 aliphatic heterocycles. The first-order valence-corrected chi connectivity index (χ1v) is 8.57. The van der Waals surface area contributed by atoms with Gasteiger partial charge in [-0.05, 0) is 31.2 Å². The molecule has 0 radical (unpaired) electrons. The highest BCUT2D eigenvalue weighted by atomic mass is 32.2. The van der Waals surface area contributed by atoms with Crippen LogP contribution in [0.4, 0.5) is 0 Å². The zero-order chi connectivity index (χ0) is 13.3. The number of rotatable bonds is 7. The molecule has 0 aromatic heterocycles. The standard InChI is InChI=1S/C17H24OS/c18-16(14-19-17-12-5-2-6-13-17)11-7-10-15-8-3-1-4-9-15/h1,3-4,8-9,17H,2,5-7,10-14H2. The quantitative estimate of drug-likeness (QED) is 0.721. The van der Waals surface area contributed by atoms with Gasteiger partial charge in [0.15, 0.2) is 0 Å². The summed E-state index contributed by atoms with van der Waals surface area (Å²) in [6.07, 6.45) is 9.52. The number of Topliss-reactive ketones (excluding diaryl/α,β-unsaturated/α-hetero) is 1. The van der Waals surface area contributed by atoms with E-state index >= 15 is 0 Å². The van der Waals surface area contributed by atoms with Gasteiger partial charge in [-0.1, -0.05) is 49.6 Å². The van der Waals surface area contributed by atoms with E-state index in [1.54, 1.807) is 0 Å². The Labute approximate surface area is 121 Å². The van der Waals surface area contributed by atoms with E-state index in [9.17, 15) is 4.79 Å². The molecular formula is C17H24OS. The second-order valence-corrected chi connectivity index (χ2v) is 6.74. The Morgan fingerprint density at radius 2 is 1.84 bits per heavy atom. The van der Waals surface area contributed by atoms with Crippen molar-refractivity contribution < 1.29 is 4.79 Å². The van der Waals surface area contributed by atoms with E-state index in [0.717, 1.165) is 30.3 Å². The van der Waals surface area contributed by atoms with Crippen LogP contribution < -0.4 is 0 Å². The second kappa shape index (κ2) is 8.42. The molecule has 2 rings (SSSR count). The van der Waals surface area contributed by atoms with Crippen LogP contribution in [0.5, 0.6) is 0 Å². The van der Waals surface area contributed by atoms with Gasteiger partial charge >= 0.3 is 0 Å². The number of aryl methyl sites for hydroxylation is 1. The van der Waals surface area contributed by atoms with E-state index in [2.05, 4.69) is 24.3 Å². The summed E-state index contributed by atoms with van der Waals surface area (Å²) in [6.45, 7) is 0. The molecule has 0 amide bonds. The van der Waals surface area contributed by atoms with Crippen LogP contribution in [0.2, 0.25) is 0 Å². The van der Waals surface area contributed by atoms with Crippen LogP contribution in [-0.2, 0) is 11.2 Å². The number of hydrogen-bond donors (Lipinski definition) is 0. The third-order valence-corrected chi connectivity index (χ3v) is 5.23. The van der Waals surface area contributed by atoms with Crippen LogP contribution in [-0.4, -0.2) is 16.8 Å². The van der Waals surface area contributed by atoms with Gasteiger partial charge in [0.05, 0.1) is 5.75 Å². The first-order valence-electron chi connectivity index (χ1n) is 7.52. The highest BCUT2D eigenvalue weighted by Crippen LogP contribution is 2.28. The predicted octanol–water partition coefficient (Wildman–Crippen LogP) is 4.64. The van der Waals surface area contributed by atoms with Crippen LogP contribution in [0.15, 0.2) is 30.3 Å². The van der Waals surface area contributed by atoms with Crippen LogP contribution in [0.1, 0.15) is 50.5 Å². The zero-order valence-corrected chi connectivity index (χ0v) is 12.5. The summed E-state index contributed by atoms with van der Waals surface area (Å²) in [4.78, 5) is 11.9. The summed E-state index contributed by atoms with van der Waals surface area (Å²) in [5.41, 5.74) is 1.34. The predicted molar refractivity (Wildman–Crippen MR) is 83.7 cm³/mol. The fourth-order valence-electron chi connectivity index (χ4n) is 2.65. The van der Waals surface area contributed by atoms with E-state index in [0.29, 0.717) is 5.78 Å². The first kappa shape index (κ1) is 14.6. The van der Waals surface area contributed by atoms with Gasteiger partial charge in [-0.25, -0.2) is 0 Å². The van der Waals surface area contributed by atoms with Crippen molar-refractivity contribution in [2.75, 3.05) is 5.75 Å². The van der Waals surface area contributed by atoms with E-state index in [-0.39, 0.29) is 0 Å². The molecular weight excluding hydrogens is 252 g/mol. The smallest absolute Gasteiger partial charge is 0.142 e. The molecule has 0 N–H and O–H groups in total. The maximum Gasteiger partial charge on any atom is 0.142 e. The molecule has 2 heteroatoms. The molecule has 1 saturated carbocycles. The Balaban J connectivity index is 1.57. The average Bonchev–Trinajstić information content (AvgIpc) is 2.47. The minimum atomic E-state index is 0.437. The largest absolute Gasteiger partial charge is 0.299 e. The molecule has 1 fully saturated rings. The fourth-order valence-corrected chi connectivity index (χ4v) is 3.88. The van der Waals surface area contributed by atoms with Crippen LogP contribution in [0.25, 0.3) is 0 Å². The lowest BCUT2D eigenvalue weighted by atomic mass is 10.0. The van der Waals surface area contributed by atoms with Crippen molar-refractivity contribution in [3.05, 3.63) is 35.9 Å². The van der Waals surface area contributed by atoms with Crippen molar-refractivity contribution >= 4 is 17.5 Å². The van der Waals surface area contributed by atoms with Crippen molar-refractivity contribution in [3.63, 3.8) is 0 Å². The van der Waals surface area contributed by atoms with E-state index < -0.39 is 0 Å². The van der Waals surface area contributed by atoms with Gasteiger partial charge in [0.1, 0.15) is 5.78 Å². The van der Waals surface area contributed by atoms with Crippen molar-refractivity contribution in [1.29, 1.82) is 0 Å². The third-order valence-electron chi connectivity index (χ3n) is 3.80. The van der Waals surface area contributed by atoms with Crippen LogP contribution in [0.3, 0.4) is 0 Å². The SMILES string of the molecule is O=C(CCCc1ccccc1)CSC1CCCCC1. The zero-order valence-electron chi connectivity index (χ0n) is 11.6. The van der Waals surface area contributed by atoms with Gasteiger partial charge in [0.25, 0.3) is 0 Å². The summed E-state index contributed by atoms with van der Waals surface area (Å²) in [7, 11) is 0. The van der Waals surface area contributed by atoms with Gasteiger partial charge in [-0.15, -0.1) is 0 Å². The Morgan fingerprint density at radius 3 is 2.58 bits per heavy atom. The normalized spacial score (nSPS) is 16.4. The minimum absolute atomic E-state index is 0.437. The minimum Gasteiger partial charge on any atom is -0.299 e. The molecule has 0 saturated heterocycles. The Morgan fingerprint density at radius 1 is 1.11 bits per heavy atom. The van der Waals surface area contributed by atoms with E-state index in [1.807, 2.05) is 17.8 Å². The Kier molecular flexibility index (Phi) is 6.49. The van der Waals surface area contributed by atoms with Crippen molar-refractivity contribution in [3.8, 4) is 0 Å². The van der Waals surface area contributed by atoms with Gasteiger partial charge in [0.2, 0.25) is 0 Å². The average molecular weight is 276 g/mol. The monoisotopic (exact) mass is 276 g/mol. The van der Waals surface area contributed by atoms with E-state index in [4.69, 9.17) is 0 Å². The number of ketones is 1. The molecule has 1 aromatic carbocycles. The van der Waals surface area contributed by atoms with Gasteiger partial charge in [-0.3, -0.25) is 4.79 Å². The topological polar surface area (TPSA) is 17.1 Å². The van der Waals surface area contributed by atoms with Gasteiger partial charge in [0, 0.05) is 11.7 Å². The molecule has 0 spiro atoms. The molecule has 1 nitrogen and oxygen atoms in total. The summed E-state index contributed by atoms with van der Waals surface area (Å²) < 4.78 is 0. The van der Waals surface area contributed by atoms with E-state index in [1.165, 1.54) is 37.7 Å². The maximum absolute atomic E-state index is 11.9. The molecule has 0 heterocycles. The summed E-state index contributed by atoms with van der Waals surface area (Å²) in [6, 6.07) is 10.4. The molecule has 1 aliphatic carbocycles. The number of hydrogen-bond acceptors (Lipinski definition) is 2. The van der Waals surface area contributed by atoms with Crippen molar-refractivity contribution in [1.82, 2.24) is 0 Å². The molecule has 19 heavy (non-hydrogen) atoms. The fraction of sp³-hybridized carbons (Fsp3) is 0.588. The maximum atomic E-state index is 11.9. The number of carbonyl (C=O) groups is 1. The summed E-state index contributed by atoms with van der Waals surface area (Å²) in [5.74, 6) is 1.17. The molecule has 1 aliphatic rings. The molecule has 1 aromatic rings.